The molecule has 2 nitrogen and oxygen atoms in total. The highest BCUT2D eigenvalue weighted by Crippen LogP contribution is 2.21. The van der Waals surface area contributed by atoms with Crippen LogP contribution in [0.4, 0.5) is 5.69 Å². The number of benzene rings is 1. The van der Waals surface area contributed by atoms with Crippen LogP contribution in [0.25, 0.3) is 0 Å². The normalized spacial score (nSPS) is 15.5. The van der Waals surface area contributed by atoms with Gasteiger partial charge in [0, 0.05) is 18.1 Å². The Morgan fingerprint density at radius 1 is 1.27 bits per heavy atom. The Kier molecular flexibility index (Phi) is 1.39. The van der Waals surface area contributed by atoms with Crippen LogP contribution in [0.2, 0.25) is 0 Å². The number of hydrogen-bond acceptors (Lipinski definition) is 1. The van der Waals surface area contributed by atoms with Crippen molar-refractivity contribution in [1.29, 1.82) is 0 Å². The van der Waals surface area contributed by atoms with E-state index in [2.05, 4.69) is 0 Å². The molecule has 0 fully saturated rings. The zero-order chi connectivity index (χ0) is 7.68. The summed E-state index contributed by atoms with van der Waals surface area (Å²) in [5.74, 6) is 0. The van der Waals surface area contributed by atoms with E-state index in [0.29, 0.717) is 0 Å². The monoisotopic (exact) mass is 147 g/mol. The number of hydrogen-bond donors (Lipinski definition) is 0. The highest BCUT2D eigenvalue weighted by Gasteiger charge is 2.12. The molecule has 1 aromatic rings. The number of nitrogens with zero attached hydrogens (tertiary/aromatic N) is 1. The molecular weight excluding hydrogens is 138 g/mol. The SMILES string of the molecule is [O-][N+]1=CCCc2ccccc21. The van der Waals surface area contributed by atoms with Crippen LogP contribution in [0.5, 0.6) is 0 Å². The van der Waals surface area contributed by atoms with Crippen molar-refractivity contribution in [2.24, 2.45) is 0 Å². The number of rotatable bonds is 0. The predicted molar refractivity (Wildman–Crippen MR) is 44.1 cm³/mol. The van der Waals surface area contributed by atoms with Gasteiger partial charge in [-0.25, -0.2) is 0 Å². The van der Waals surface area contributed by atoms with Crippen LogP contribution in [0.3, 0.4) is 0 Å². The first kappa shape index (κ1) is 6.40. The van der Waals surface area contributed by atoms with Gasteiger partial charge < -0.3 is 5.21 Å². The average molecular weight is 147 g/mol. The van der Waals surface area contributed by atoms with Crippen molar-refractivity contribution in [1.82, 2.24) is 0 Å². The van der Waals surface area contributed by atoms with Gasteiger partial charge >= 0.3 is 0 Å². The highest BCUT2D eigenvalue weighted by molar-refractivity contribution is 5.59. The van der Waals surface area contributed by atoms with Crippen LogP contribution in [0, 0.1) is 5.21 Å². The molecule has 1 aliphatic rings. The van der Waals surface area contributed by atoms with E-state index < -0.39 is 0 Å². The maximum Gasteiger partial charge on any atom is 0.219 e. The minimum Gasteiger partial charge on any atom is -0.619 e. The molecule has 2 rings (SSSR count). The molecule has 0 radical (unpaired) electrons. The molecule has 0 aliphatic carbocycles. The standard InChI is InChI=1S/C9H9NO/c11-10-7-3-5-8-4-1-2-6-9(8)10/h1-2,4,6-7H,3,5H2. The zero-order valence-electron chi connectivity index (χ0n) is 6.16. The molecule has 1 aromatic carbocycles. The predicted octanol–water partition coefficient (Wildman–Crippen LogP) is 1.85. The molecule has 0 saturated carbocycles. The van der Waals surface area contributed by atoms with Crippen molar-refractivity contribution in [2.75, 3.05) is 0 Å². The first-order valence-electron chi connectivity index (χ1n) is 3.75. The van der Waals surface area contributed by atoms with E-state index in [9.17, 15) is 5.21 Å². The third kappa shape index (κ3) is 1.00. The van der Waals surface area contributed by atoms with Crippen molar-refractivity contribution in [3.05, 3.63) is 35.0 Å². The first-order valence-corrected chi connectivity index (χ1v) is 3.75. The summed E-state index contributed by atoms with van der Waals surface area (Å²) in [6.07, 6.45) is 3.54. The number of fused-ring (bicyclic) bond motifs is 1. The molecule has 0 atom stereocenters. The lowest BCUT2D eigenvalue weighted by molar-refractivity contribution is -0.359. The van der Waals surface area contributed by atoms with E-state index in [1.165, 1.54) is 0 Å². The fourth-order valence-electron chi connectivity index (χ4n) is 1.37. The molecular formula is C9H9NO. The molecule has 0 aromatic heterocycles. The molecule has 0 amide bonds. The summed E-state index contributed by atoms with van der Waals surface area (Å²) < 4.78 is 0.957. The van der Waals surface area contributed by atoms with Gasteiger partial charge in [0.1, 0.15) is 0 Å². The molecule has 11 heavy (non-hydrogen) atoms. The summed E-state index contributed by atoms with van der Waals surface area (Å²) in [5.41, 5.74) is 1.96. The van der Waals surface area contributed by atoms with Crippen molar-refractivity contribution in [3.63, 3.8) is 0 Å². The lowest BCUT2D eigenvalue weighted by Gasteiger charge is -2.11. The van der Waals surface area contributed by atoms with E-state index in [-0.39, 0.29) is 0 Å². The number of aryl methyl sites for hydroxylation is 1. The van der Waals surface area contributed by atoms with Crippen LogP contribution >= 0.6 is 0 Å². The largest absolute Gasteiger partial charge is 0.619 e. The fourth-order valence-corrected chi connectivity index (χ4v) is 1.37. The van der Waals surface area contributed by atoms with Crippen molar-refractivity contribution in [3.8, 4) is 0 Å². The van der Waals surface area contributed by atoms with Gasteiger partial charge in [0.15, 0.2) is 6.21 Å². The van der Waals surface area contributed by atoms with Crippen LogP contribution in [0.15, 0.2) is 24.3 Å². The Bertz CT molecular complexity index is 304. The van der Waals surface area contributed by atoms with Crippen molar-refractivity contribution < 1.29 is 4.74 Å². The summed E-state index contributed by atoms with van der Waals surface area (Å²) in [7, 11) is 0. The summed E-state index contributed by atoms with van der Waals surface area (Å²) in [6, 6.07) is 7.73. The quantitative estimate of drug-likeness (QED) is 0.406. The Labute approximate surface area is 65.4 Å². The lowest BCUT2D eigenvalue weighted by Crippen LogP contribution is -2.07. The zero-order valence-corrected chi connectivity index (χ0v) is 6.16. The summed E-state index contributed by atoms with van der Waals surface area (Å²) >= 11 is 0. The maximum atomic E-state index is 11.1. The summed E-state index contributed by atoms with van der Waals surface area (Å²) in [4.78, 5) is 0. The Morgan fingerprint density at radius 3 is 2.91 bits per heavy atom. The summed E-state index contributed by atoms with van der Waals surface area (Å²) in [5, 5.41) is 11.1. The van der Waals surface area contributed by atoms with Crippen LogP contribution in [-0.2, 0) is 6.42 Å². The minimum absolute atomic E-state index is 0.804. The molecule has 0 bridgehead atoms. The van der Waals surface area contributed by atoms with E-state index in [1.807, 2.05) is 24.3 Å². The molecule has 1 heterocycles. The smallest absolute Gasteiger partial charge is 0.219 e. The Balaban J connectivity index is 2.56. The van der Waals surface area contributed by atoms with Crippen LogP contribution in [0.1, 0.15) is 12.0 Å². The second-order valence-electron chi connectivity index (χ2n) is 2.68. The van der Waals surface area contributed by atoms with Gasteiger partial charge in [-0.2, -0.15) is 4.74 Å². The molecule has 0 spiro atoms. The third-order valence-corrected chi connectivity index (χ3v) is 1.94. The second kappa shape index (κ2) is 2.38. The highest BCUT2D eigenvalue weighted by atomic mass is 16.5. The van der Waals surface area contributed by atoms with Gasteiger partial charge in [-0.05, 0) is 6.42 Å². The van der Waals surface area contributed by atoms with Crippen LogP contribution < -0.4 is 0 Å². The fraction of sp³-hybridized carbons (Fsp3) is 0.222. The minimum atomic E-state index is 0.804. The molecule has 0 N–H and O–H groups in total. The summed E-state index contributed by atoms with van der Waals surface area (Å²) in [6.45, 7) is 0. The molecule has 0 saturated heterocycles. The maximum absolute atomic E-state index is 11.1. The third-order valence-electron chi connectivity index (χ3n) is 1.94. The van der Waals surface area contributed by atoms with E-state index in [0.717, 1.165) is 28.8 Å². The Morgan fingerprint density at radius 2 is 2.09 bits per heavy atom. The Hall–Kier alpha value is -1.31. The van der Waals surface area contributed by atoms with Gasteiger partial charge in [-0.3, -0.25) is 0 Å². The lowest BCUT2D eigenvalue weighted by atomic mass is 10.1. The van der Waals surface area contributed by atoms with Gasteiger partial charge in [0.05, 0.1) is 0 Å². The van der Waals surface area contributed by atoms with Crippen molar-refractivity contribution in [2.45, 2.75) is 12.8 Å². The molecule has 0 unspecified atom stereocenters. The number of para-hydroxylation sites is 1. The van der Waals surface area contributed by atoms with Gasteiger partial charge in [-0.1, -0.05) is 18.2 Å². The second-order valence-corrected chi connectivity index (χ2v) is 2.68. The topological polar surface area (TPSA) is 26.1 Å². The van der Waals surface area contributed by atoms with Crippen LogP contribution in [-0.4, -0.2) is 11.0 Å². The first-order chi connectivity index (χ1) is 5.38. The van der Waals surface area contributed by atoms with E-state index in [1.54, 1.807) is 6.21 Å². The molecule has 56 valence electrons. The van der Waals surface area contributed by atoms with Gasteiger partial charge in [-0.15, -0.1) is 0 Å². The average Bonchev–Trinajstić information content (AvgIpc) is 2.06. The molecule has 1 aliphatic heterocycles. The van der Waals surface area contributed by atoms with Gasteiger partial charge in [0.2, 0.25) is 5.69 Å². The van der Waals surface area contributed by atoms with Crippen molar-refractivity contribution >= 4 is 11.9 Å². The van der Waals surface area contributed by atoms with E-state index >= 15 is 0 Å². The van der Waals surface area contributed by atoms with E-state index in [4.69, 9.17) is 0 Å². The molecule has 2 heteroatoms. The van der Waals surface area contributed by atoms with Gasteiger partial charge in [0.25, 0.3) is 0 Å².